The maximum atomic E-state index is 12.7. The van der Waals surface area contributed by atoms with E-state index in [-0.39, 0.29) is 10.8 Å². The number of phenols is 1. The summed E-state index contributed by atoms with van der Waals surface area (Å²) in [6.07, 6.45) is 0. The van der Waals surface area contributed by atoms with Gasteiger partial charge >= 0.3 is 5.97 Å². The minimum atomic E-state index is -3.79. The van der Waals surface area contributed by atoms with Gasteiger partial charge in [-0.2, -0.15) is 4.31 Å². The first kappa shape index (κ1) is 17.5. The summed E-state index contributed by atoms with van der Waals surface area (Å²) in [5, 5.41) is 18.6. The van der Waals surface area contributed by atoms with Crippen molar-refractivity contribution < 1.29 is 23.4 Å². The van der Waals surface area contributed by atoms with Crippen LogP contribution in [-0.2, 0) is 10.0 Å². The fraction of sp³-hybridized carbons (Fsp3) is 0.500. The highest BCUT2D eigenvalue weighted by molar-refractivity contribution is 7.89. The van der Waals surface area contributed by atoms with Crippen LogP contribution in [0.1, 0.15) is 36.7 Å². The Labute approximate surface area is 125 Å². The SMILES string of the molecule is CCN(CC(C)C)S(=O)(=O)c1cc(C(=O)O)c(O)cc1C. The summed E-state index contributed by atoms with van der Waals surface area (Å²) in [6, 6.07) is 2.19. The summed E-state index contributed by atoms with van der Waals surface area (Å²) >= 11 is 0. The van der Waals surface area contributed by atoms with E-state index in [1.165, 1.54) is 17.3 Å². The van der Waals surface area contributed by atoms with Gasteiger partial charge in [-0.3, -0.25) is 0 Å². The van der Waals surface area contributed by atoms with Crippen LogP contribution in [0.4, 0.5) is 0 Å². The first-order valence-electron chi connectivity index (χ1n) is 6.68. The van der Waals surface area contributed by atoms with Crippen LogP contribution >= 0.6 is 0 Å². The molecular formula is C14H21NO5S. The highest BCUT2D eigenvalue weighted by Gasteiger charge is 2.27. The first-order valence-corrected chi connectivity index (χ1v) is 8.12. The van der Waals surface area contributed by atoms with Gasteiger partial charge in [0.05, 0.1) is 4.90 Å². The Balaban J connectivity index is 3.43. The van der Waals surface area contributed by atoms with E-state index in [2.05, 4.69) is 0 Å². The predicted molar refractivity (Wildman–Crippen MR) is 79.1 cm³/mol. The van der Waals surface area contributed by atoms with Gasteiger partial charge < -0.3 is 10.2 Å². The number of rotatable bonds is 6. The lowest BCUT2D eigenvalue weighted by Gasteiger charge is -2.23. The number of carboxylic acid groups (broad SMARTS) is 1. The number of aryl methyl sites for hydroxylation is 1. The maximum Gasteiger partial charge on any atom is 0.339 e. The van der Waals surface area contributed by atoms with Gasteiger partial charge in [0.25, 0.3) is 0 Å². The highest BCUT2D eigenvalue weighted by atomic mass is 32.2. The Morgan fingerprint density at radius 1 is 1.33 bits per heavy atom. The molecule has 0 spiro atoms. The van der Waals surface area contributed by atoms with Crippen LogP contribution in [-0.4, -0.2) is 42.0 Å². The smallest absolute Gasteiger partial charge is 0.339 e. The molecule has 0 aliphatic carbocycles. The average Bonchev–Trinajstić information content (AvgIpc) is 2.34. The number of nitrogens with zero attached hydrogens (tertiary/aromatic N) is 1. The number of hydrogen-bond donors (Lipinski definition) is 2. The molecule has 118 valence electrons. The van der Waals surface area contributed by atoms with Gasteiger partial charge in [-0.25, -0.2) is 13.2 Å². The molecule has 0 saturated heterocycles. The lowest BCUT2D eigenvalue weighted by Crippen LogP contribution is -2.34. The maximum absolute atomic E-state index is 12.7. The predicted octanol–water partition coefficient (Wildman–Crippen LogP) is 2.07. The van der Waals surface area contributed by atoms with E-state index in [9.17, 15) is 18.3 Å². The Bertz CT molecular complexity index is 637. The van der Waals surface area contributed by atoms with Crippen LogP contribution in [0.3, 0.4) is 0 Å². The number of carbonyl (C=O) groups is 1. The fourth-order valence-electron chi connectivity index (χ4n) is 2.07. The Morgan fingerprint density at radius 2 is 1.90 bits per heavy atom. The van der Waals surface area contributed by atoms with Crippen LogP contribution in [0.25, 0.3) is 0 Å². The molecule has 0 saturated carbocycles. The van der Waals surface area contributed by atoms with E-state index in [1.807, 2.05) is 13.8 Å². The summed E-state index contributed by atoms with van der Waals surface area (Å²) in [6.45, 7) is 7.72. The van der Waals surface area contributed by atoms with Crippen molar-refractivity contribution in [1.82, 2.24) is 4.31 Å². The van der Waals surface area contributed by atoms with Crippen LogP contribution in [0.15, 0.2) is 17.0 Å². The van der Waals surface area contributed by atoms with Crippen LogP contribution in [0.5, 0.6) is 5.75 Å². The summed E-state index contributed by atoms with van der Waals surface area (Å²) in [7, 11) is -3.79. The number of benzene rings is 1. The molecule has 2 N–H and O–H groups in total. The highest BCUT2D eigenvalue weighted by Crippen LogP contribution is 2.28. The van der Waals surface area contributed by atoms with Crippen molar-refractivity contribution in [2.75, 3.05) is 13.1 Å². The molecule has 0 aliphatic heterocycles. The summed E-state index contributed by atoms with van der Waals surface area (Å²) in [5.74, 6) is -1.65. The average molecular weight is 315 g/mol. The van der Waals surface area contributed by atoms with Gasteiger partial charge in [-0.05, 0) is 30.5 Å². The molecular weight excluding hydrogens is 294 g/mol. The molecule has 0 atom stereocenters. The zero-order valence-electron chi connectivity index (χ0n) is 12.6. The third-order valence-corrected chi connectivity index (χ3v) is 5.15. The van der Waals surface area contributed by atoms with Gasteiger partial charge in [-0.15, -0.1) is 0 Å². The third kappa shape index (κ3) is 3.74. The van der Waals surface area contributed by atoms with E-state index in [0.29, 0.717) is 18.7 Å². The van der Waals surface area contributed by atoms with Crippen LogP contribution < -0.4 is 0 Å². The topological polar surface area (TPSA) is 94.9 Å². The minimum absolute atomic E-state index is 0.0831. The standard InChI is InChI=1S/C14H21NO5S/c1-5-15(8-9(2)3)21(19,20)13-7-11(14(17)18)12(16)6-10(13)4/h6-7,9,16H,5,8H2,1-4H3,(H,17,18). The van der Waals surface area contributed by atoms with E-state index >= 15 is 0 Å². The van der Waals surface area contributed by atoms with Crippen molar-refractivity contribution >= 4 is 16.0 Å². The van der Waals surface area contributed by atoms with E-state index < -0.39 is 27.3 Å². The van der Waals surface area contributed by atoms with E-state index in [4.69, 9.17) is 5.11 Å². The van der Waals surface area contributed by atoms with E-state index in [0.717, 1.165) is 6.07 Å². The van der Waals surface area contributed by atoms with Crippen molar-refractivity contribution in [3.05, 3.63) is 23.3 Å². The largest absolute Gasteiger partial charge is 0.507 e. The molecule has 0 unspecified atom stereocenters. The molecule has 6 nitrogen and oxygen atoms in total. The second-order valence-electron chi connectivity index (χ2n) is 5.29. The van der Waals surface area contributed by atoms with Crippen LogP contribution in [0.2, 0.25) is 0 Å². The molecule has 0 aliphatic rings. The molecule has 0 radical (unpaired) electrons. The Kier molecular flexibility index (Phi) is 5.36. The van der Waals surface area contributed by atoms with Crippen molar-refractivity contribution in [3.63, 3.8) is 0 Å². The zero-order valence-corrected chi connectivity index (χ0v) is 13.4. The number of sulfonamides is 1. The number of aromatic hydroxyl groups is 1. The number of aromatic carboxylic acids is 1. The molecule has 0 bridgehead atoms. The molecule has 0 heterocycles. The second kappa shape index (κ2) is 6.44. The molecule has 0 fully saturated rings. The molecule has 7 heteroatoms. The monoisotopic (exact) mass is 315 g/mol. The number of hydrogen-bond acceptors (Lipinski definition) is 4. The molecule has 0 aromatic heterocycles. The summed E-state index contributed by atoms with van der Waals surface area (Å²) < 4.78 is 26.6. The Morgan fingerprint density at radius 3 is 2.33 bits per heavy atom. The van der Waals surface area contributed by atoms with Gasteiger partial charge in [-0.1, -0.05) is 20.8 Å². The van der Waals surface area contributed by atoms with Gasteiger partial charge in [0.1, 0.15) is 11.3 Å². The summed E-state index contributed by atoms with van der Waals surface area (Å²) in [4.78, 5) is 11.0. The Hall–Kier alpha value is -1.60. The number of carboxylic acids is 1. The first-order chi connectivity index (χ1) is 9.61. The summed E-state index contributed by atoms with van der Waals surface area (Å²) in [5.41, 5.74) is -0.0977. The lowest BCUT2D eigenvalue weighted by atomic mass is 10.1. The molecule has 0 amide bonds. The quantitative estimate of drug-likeness (QED) is 0.838. The lowest BCUT2D eigenvalue weighted by molar-refractivity contribution is 0.0693. The molecule has 21 heavy (non-hydrogen) atoms. The molecule has 1 aromatic carbocycles. The van der Waals surface area contributed by atoms with Crippen molar-refractivity contribution in [1.29, 1.82) is 0 Å². The second-order valence-corrected chi connectivity index (χ2v) is 7.20. The third-order valence-electron chi connectivity index (χ3n) is 3.06. The van der Waals surface area contributed by atoms with E-state index in [1.54, 1.807) is 6.92 Å². The van der Waals surface area contributed by atoms with Crippen LogP contribution in [0, 0.1) is 12.8 Å². The van der Waals surface area contributed by atoms with Gasteiger partial charge in [0.2, 0.25) is 10.0 Å². The van der Waals surface area contributed by atoms with Crippen molar-refractivity contribution in [2.45, 2.75) is 32.6 Å². The van der Waals surface area contributed by atoms with Crippen molar-refractivity contribution in [2.24, 2.45) is 5.92 Å². The van der Waals surface area contributed by atoms with Gasteiger partial charge in [0, 0.05) is 13.1 Å². The normalized spacial score (nSPS) is 12.1. The fourth-order valence-corrected chi connectivity index (χ4v) is 3.91. The zero-order chi connectivity index (χ0) is 16.4. The van der Waals surface area contributed by atoms with Gasteiger partial charge in [0.15, 0.2) is 0 Å². The molecule has 1 aromatic rings. The molecule has 1 rings (SSSR count). The minimum Gasteiger partial charge on any atom is -0.507 e. The van der Waals surface area contributed by atoms with Crippen molar-refractivity contribution in [3.8, 4) is 5.75 Å².